The molecule has 2 aromatic carbocycles. The minimum absolute atomic E-state index is 0.166. The average molecular weight is 341 g/mol. The third-order valence-electron chi connectivity index (χ3n) is 3.65. The average Bonchev–Trinajstić information content (AvgIpc) is 2.86. The van der Waals surface area contributed by atoms with Crippen molar-refractivity contribution in [2.45, 2.75) is 13.8 Å². The van der Waals surface area contributed by atoms with Crippen molar-refractivity contribution in [3.05, 3.63) is 64.7 Å². The second kappa shape index (κ2) is 6.89. The van der Waals surface area contributed by atoms with Crippen molar-refractivity contribution in [2.75, 3.05) is 11.6 Å². The smallest absolute Gasteiger partial charge is 0.280 e. The van der Waals surface area contributed by atoms with Gasteiger partial charge in [-0.15, -0.1) is 0 Å². The van der Waals surface area contributed by atoms with Gasteiger partial charge in [0.05, 0.1) is 23.6 Å². The molecule has 1 heterocycles. The van der Waals surface area contributed by atoms with Crippen molar-refractivity contribution in [1.29, 1.82) is 0 Å². The number of carbonyl (C=O) groups excluding carboxylic acids is 1. The maximum atomic E-state index is 12.7. The zero-order chi connectivity index (χ0) is 17.1. The highest BCUT2D eigenvalue weighted by molar-refractivity contribution is 6.32. The van der Waals surface area contributed by atoms with Crippen molar-refractivity contribution in [3.63, 3.8) is 0 Å². The monoisotopic (exact) mass is 340 g/mol. The van der Waals surface area contributed by atoms with E-state index in [0.717, 1.165) is 11.3 Å². The highest BCUT2D eigenvalue weighted by Gasteiger charge is 2.28. The first-order valence-corrected chi connectivity index (χ1v) is 8.07. The number of hydrogen-bond donors (Lipinski definition) is 0. The van der Waals surface area contributed by atoms with Gasteiger partial charge in [0.1, 0.15) is 5.75 Å². The summed E-state index contributed by atoms with van der Waals surface area (Å²) in [6.45, 7) is 4.32. The Kier molecular flexibility index (Phi) is 4.67. The predicted octanol–water partition coefficient (Wildman–Crippen LogP) is 4.54. The summed E-state index contributed by atoms with van der Waals surface area (Å²) >= 11 is 5.90. The van der Waals surface area contributed by atoms with Gasteiger partial charge in [-0.25, -0.2) is 0 Å². The molecule has 0 aliphatic carbocycles. The first-order valence-electron chi connectivity index (χ1n) is 7.69. The fourth-order valence-corrected chi connectivity index (χ4v) is 2.61. The van der Waals surface area contributed by atoms with E-state index in [1.165, 1.54) is 5.01 Å². The summed E-state index contributed by atoms with van der Waals surface area (Å²) in [5.74, 6) is 0.583. The standard InChI is InChI=1S/C19H17ClN2O2/c1-3-24-18-7-5-4-6-14(18)12-17-13(2)21-22(19(17)23)16-10-8-15(20)9-11-16/h4-12H,3H2,1-2H3/b17-12-. The van der Waals surface area contributed by atoms with Crippen molar-refractivity contribution >= 4 is 35.0 Å². The van der Waals surface area contributed by atoms with Crippen LogP contribution < -0.4 is 9.75 Å². The normalized spacial score (nSPS) is 15.8. The zero-order valence-electron chi connectivity index (χ0n) is 13.5. The number of carbonyl (C=O) groups is 1. The van der Waals surface area contributed by atoms with Gasteiger partial charge in [0, 0.05) is 10.6 Å². The molecule has 0 fully saturated rings. The topological polar surface area (TPSA) is 41.9 Å². The zero-order valence-corrected chi connectivity index (χ0v) is 14.2. The third kappa shape index (κ3) is 3.19. The minimum atomic E-state index is -0.166. The van der Waals surface area contributed by atoms with Gasteiger partial charge >= 0.3 is 0 Å². The van der Waals surface area contributed by atoms with Gasteiger partial charge < -0.3 is 4.74 Å². The molecule has 0 saturated heterocycles. The number of hydrazone groups is 1. The van der Waals surface area contributed by atoms with E-state index < -0.39 is 0 Å². The Bertz CT molecular complexity index is 826. The van der Waals surface area contributed by atoms with Crippen LogP contribution in [0.25, 0.3) is 6.08 Å². The molecule has 1 aliphatic rings. The van der Waals surface area contributed by atoms with E-state index >= 15 is 0 Å². The van der Waals surface area contributed by atoms with Crippen molar-refractivity contribution in [3.8, 4) is 5.75 Å². The van der Waals surface area contributed by atoms with Gasteiger partial charge in [0.2, 0.25) is 0 Å². The lowest BCUT2D eigenvalue weighted by atomic mass is 10.1. The second-order valence-electron chi connectivity index (χ2n) is 5.31. The Morgan fingerprint density at radius 2 is 1.88 bits per heavy atom. The summed E-state index contributed by atoms with van der Waals surface area (Å²) in [4.78, 5) is 12.7. The lowest BCUT2D eigenvalue weighted by Crippen LogP contribution is -2.21. The Morgan fingerprint density at radius 3 is 2.58 bits per heavy atom. The van der Waals surface area contributed by atoms with E-state index in [9.17, 15) is 4.79 Å². The van der Waals surface area contributed by atoms with Crippen LogP contribution in [0.1, 0.15) is 19.4 Å². The van der Waals surface area contributed by atoms with E-state index in [1.54, 1.807) is 24.3 Å². The Balaban J connectivity index is 1.95. The van der Waals surface area contributed by atoms with Gasteiger partial charge in [-0.05, 0) is 50.3 Å². The number of hydrogen-bond acceptors (Lipinski definition) is 3. The molecule has 2 aromatic rings. The highest BCUT2D eigenvalue weighted by atomic mass is 35.5. The quantitative estimate of drug-likeness (QED) is 0.766. The fourth-order valence-electron chi connectivity index (χ4n) is 2.48. The van der Waals surface area contributed by atoms with Crippen LogP contribution in [-0.2, 0) is 4.79 Å². The summed E-state index contributed by atoms with van der Waals surface area (Å²) < 4.78 is 5.62. The third-order valence-corrected chi connectivity index (χ3v) is 3.90. The van der Waals surface area contributed by atoms with Crippen LogP contribution in [0.15, 0.2) is 59.2 Å². The van der Waals surface area contributed by atoms with E-state index in [1.807, 2.05) is 44.2 Å². The van der Waals surface area contributed by atoms with E-state index in [0.29, 0.717) is 28.6 Å². The molecule has 24 heavy (non-hydrogen) atoms. The number of nitrogens with zero attached hydrogens (tertiary/aromatic N) is 2. The van der Waals surface area contributed by atoms with E-state index in [-0.39, 0.29) is 5.91 Å². The summed E-state index contributed by atoms with van der Waals surface area (Å²) in [7, 11) is 0. The summed E-state index contributed by atoms with van der Waals surface area (Å²) in [6, 6.07) is 14.6. The molecule has 0 atom stereocenters. The first-order chi connectivity index (χ1) is 11.6. The maximum absolute atomic E-state index is 12.7. The first kappa shape index (κ1) is 16.3. The van der Waals surface area contributed by atoms with Crippen LogP contribution in [0.2, 0.25) is 5.02 Å². The maximum Gasteiger partial charge on any atom is 0.280 e. The SMILES string of the molecule is CCOc1ccccc1/C=C1\C(=O)N(c2ccc(Cl)cc2)N=C1C. The van der Waals surface area contributed by atoms with Crippen LogP contribution in [0.4, 0.5) is 5.69 Å². The van der Waals surface area contributed by atoms with Gasteiger partial charge in [0.15, 0.2) is 0 Å². The van der Waals surface area contributed by atoms with Gasteiger partial charge in [0.25, 0.3) is 5.91 Å². The Morgan fingerprint density at radius 1 is 1.17 bits per heavy atom. The lowest BCUT2D eigenvalue weighted by Gasteiger charge is -2.12. The van der Waals surface area contributed by atoms with Crippen molar-refractivity contribution in [2.24, 2.45) is 5.10 Å². The molecule has 0 bridgehead atoms. The number of rotatable bonds is 4. The molecule has 1 amide bonds. The second-order valence-corrected chi connectivity index (χ2v) is 5.74. The highest BCUT2D eigenvalue weighted by Crippen LogP contribution is 2.28. The Hall–Kier alpha value is -2.59. The number of amides is 1. The molecule has 3 rings (SSSR count). The molecule has 0 N–H and O–H groups in total. The molecule has 4 nitrogen and oxygen atoms in total. The molecule has 0 aromatic heterocycles. The molecule has 0 radical (unpaired) electrons. The van der Waals surface area contributed by atoms with E-state index in [4.69, 9.17) is 16.3 Å². The molecule has 122 valence electrons. The number of anilines is 1. The van der Waals surface area contributed by atoms with Gasteiger partial charge in [-0.1, -0.05) is 29.8 Å². The number of benzene rings is 2. The molecular formula is C19H17ClN2O2. The predicted molar refractivity (Wildman–Crippen MR) is 97.6 cm³/mol. The van der Waals surface area contributed by atoms with Gasteiger partial charge in [-0.2, -0.15) is 10.1 Å². The minimum Gasteiger partial charge on any atom is -0.493 e. The van der Waals surface area contributed by atoms with Crippen molar-refractivity contribution in [1.82, 2.24) is 0 Å². The van der Waals surface area contributed by atoms with Gasteiger partial charge in [-0.3, -0.25) is 4.79 Å². The summed E-state index contributed by atoms with van der Waals surface area (Å²) in [5.41, 5.74) is 2.76. The molecule has 0 spiro atoms. The molecule has 0 unspecified atom stereocenters. The van der Waals surface area contributed by atoms with Crippen molar-refractivity contribution < 1.29 is 9.53 Å². The van der Waals surface area contributed by atoms with E-state index in [2.05, 4.69) is 5.10 Å². The van der Waals surface area contributed by atoms with Crippen LogP contribution in [0.5, 0.6) is 5.75 Å². The molecule has 5 heteroatoms. The van der Waals surface area contributed by atoms with Crippen LogP contribution in [0, 0.1) is 0 Å². The lowest BCUT2D eigenvalue weighted by molar-refractivity contribution is -0.114. The molecule has 1 aliphatic heterocycles. The summed E-state index contributed by atoms with van der Waals surface area (Å²) in [6.07, 6.45) is 1.82. The molecule has 0 saturated carbocycles. The number of para-hydroxylation sites is 1. The number of ether oxygens (including phenoxy) is 1. The summed E-state index contributed by atoms with van der Waals surface area (Å²) in [5, 5.41) is 6.38. The largest absolute Gasteiger partial charge is 0.493 e. The molecular weight excluding hydrogens is 324 g/mol. The number of halogens is 1. The Labute approximate surface area is 146 Å². The van der Waals surface area contributed by atoms with Crippen LogP contribution in [0.3, 0.4) is 0 Å². The van der Waals surface area contributed by atoms with Crippen LogP contribution >= 0.6 is 11.6 Å². The van der Waals surface area contributed by atoms with Crippen LogP contribution in [-0.4, -0.2) is 18.2 Å². The fraction of sp³-hybridized carbons (Fsp3) is 0.158.